The molecule has 3 nitrogen and oxygen atoms in total. The van der Waals surface area contributed by atoms with Crippen LogP contribution in [0.5, 0.6) is 0 Å². The van der Waals surface area contributed by atoms with E-state index in [1.54, 1.807) is 0 Å². The number of alkyl halides is 1. The Bertz CT molecular complexity index is 342. The van der Waals surface area contributed by atoms with Gasteiger partial charge in [-0.2, -0.15) is 0 Å². The van der Waals surface area contributed by atoms with E-state index in [0.29, 0.717) is 29.9 Å². The van der Waals surface area contributed by atoms with Crippen LogP contribution in [0.15, 0.2) is 0 Å². The smallest absolute Gasteiger partial charge is 0.308 e. The van der Waals surface area contributed by atoms with Crippen LogP contribution in [0.4, 0.5) is 0 Å². The zero-order valence-electron chi connectivity index (χ0n) is 11.6. The van der Waals surface area contributed by atoms with Gasteiger partial charge in [0.15, 0.2) is 0 Å². The minimum absolute atomic E-state index is 0.0157. The molecule has 0 aromatic carbocycles. The quantitative estimate of drug-likeness (QED) is 0.576. The number of ether oxygens (including phenoxy) is 1. The van der Waals surface area contributed by atoms with Crippen molar-refractivity contribution in [3.8, 4) is 0 Å². The number of ketones is 1. The summed E-state index contributed by atoms with van der Waals surface area (Å²) < 4.78 is 4.78. The number of methoxy groups -OCH3 is 1. The lowest BCUT2D eigenvalue weighted by atomic mass is 9.91. The minimum atomic E-state index is -0.113. The average Bonchev–Trinajstić information content (AvgIpc) is 3.06. The molecule has 108 valence electrons. The number of hydrogen-bond donors (Lipinski definition) is 0. The summed E-state index contributed by atoms with van der Waals surface area (Å²) in [7, 11) is 1.44. The van der Waals surface area contributed by atoms with Gasteiger partial charge in [-0.3, -0.25) is 9.59 Å². The first-order valence-corrected chi connectivity index (χ1v) is 7.84. The Kier molecular flexibility index (Phi) is 5.26. The molecular formula is C15H23ClO3. The molecule has 0 bridgehead atoms. The highest BCUT2D eigenvalue weighted by Crippen LogP contribution is 2.38. The van der Waals surface area contributed by atoms with E-state index in [1.165, 1.54) is 7.11 Å². The summed E-state index contributed by atoms with van der Waals surface area (Å²) in [5, 5.41) is 0. The number of carbonyl (C=O) groups is 2. The van der Waals surface area contributed by atoms with Crippen LogP contribution in [0, 0.1) is 23.7 Å². The molecule has 0 unspecified atom stereocenters. The van der Waals surface area contributed by atoms with Crippen molar-refractivity contribution in [1.82, 2.24) is 0 Å². The van der Waals surface area contributed by atoms with Crippen LogP contribution in [-0.4, -0.2) is 24.7 Å². The van der Waals surface area contributed by atoms with Gasteiger partial charge in [-0.15, -0.1) is 11.6 Å². The van der Waals surface area contributed by atoms with Crippen molar-refractivity contribution in [2.45, 2.75) is 44.9 Å². The summed E-state index contributed by atoms with van der Waals surface area (Å²) in [4.78, 5) is 23.7. The zero-order chi connectivity index (χ0) is 13.8. The fraction of sp³-hybridized carbons (Fsp3) is 0.867. The van der Waals surface area contributed by atoms with Crippen molar-refractivity contribution >= 4 is 23.4 Å². The van der Waals surface area contributed by atoms with Crippen LogP contribution < -0.4 is 0 Å². The number of rotatable bonds is 5. The van der Waals surface area contributed by atoms with Gasteiger partial charge in [0.25, 0.3) is 0 Å². The maximum Gasteiger partial charge on any atom is 0.308 e. The molecule has 0 radical (unpaired) electrons. The lowest BCUT2D eigenvalue weighted by molar-refractivity contribution is -0.145. The fourth-order valence-corrected chi connectivity index (χ4v) is 3.88. The first-order chi connectivity index (χ1) is 9.13. The average molecular weight is 287 g/mol. The highest BCUT2D eigenvalue weighted by Gasteiger charge is 2.35. The standard InChI is InChI=1S/C15H23ClO3/c1-19-15(18)13-5-2-10(6-13)8-14(17)12-4-3-11(7-12)9-16/h10-13H,2-9H2,1H3/t10-,11-,12-,13-/m0/s1. The van der Waals surface area contributed by atoms with Gasteiger partial charge >= 0.3 is 5.97 Å². The molecule has 0 aromatic rings. The third-order valence-corrected chi connectivity index (χ3v) is 5.22. The van der Waals surface area contributed by atoms with Crippen LogP contribution >= 0.6 is 11.6 Å². The summed E-state index contributed by atoms with van der Waals surface area (Å²) in [5.41, 5.74) is 0. The summed E-state index contributed by atoms with van der Waals surface area (Å²) >= 11 is 5.86. The van der Waals surface area contributed by atoms with E-state index in [2.05, 4.69) is 0 Å². The highest BCUT2D eigenvalue weighted by atomic mass is 35.5. The third-order valence-electron chi connectivity index (χ3n) is 4.78. The van der Waals surface area contributed by atoms with Gasteiger partial charge in [0.2, 0.25) is 0 Å². The summed E-state index contributed by atoms with van der Waals surface area (Å²) in [6.45, 7) is 0. The van der Waals surface area contributed by atoms with Crippen molar-refractivity contribution in [3.05, 3.63) is 0 Å². The van der Waals surface area contributed by atoms with Crippen molar-refractivity contribution in [1.29, 1.82) is 0 Å². The zero-order valence-corrected chi connectivity index (χ0v) is 12.3. The summed E-state index contributed by atoms with van der Waals surface area (Å²) in [6, 6.07) is 0. The molecule has 0 heterocycles. The maximum atomic E-state index is 12.2. The molecule has 0 saturated heterocycles. The molecule has 2 aliphatic carbocycles. The Hall–Kier alpha value is -0.570. The topological polar surface area (TPSA) is 43.4 Å². The molecule has 2 rings (SSSR count). The SMILES string of the molecule is COC(=O)[C@H]1CC[C@H](CC(=O)[C@H]2CC[C@H](CCl)C2)C1. The molecule has 0 aliphatic heterocycles. The van der Waals surface area contributed by atoms with Gasteiger partial charge in [-0.05, 0) is 50.4 Å². The Balaban J connectivity index is 1.76. The molecular weight excluding hydrogens is 264 g/mol. The van der Waals surface area contributed by atoms with Crippen LogP contribution in [0.1, 0.15) is 44.9 Å². The van der Waals surface area contributed by atoms with Crippen molar-refractivity contribution in [3.63, 3.8) is 0 Å². The Morgan fingerprint density at radius 1 is 1.05 bits per heavy atom. The summed E-state index contributed by atoms with van der Waals surface area (Å²) in [6.07, 6.45) is 6.39. The highest BCUT2D eigenvalue weighted by molar-refractivity contribution is 6.18. The van der Waals surface area contributed by atoms with E-state index in [4.69, 9.17) is 16.3 Å². The Morgan fingerprint density at radius 2 is 1.68 bits per heavy atom. The second-order valence-electron chi connectivity index (χ2n) is 6.10. The molecule has 2 fully saturated rings. The summed E-state index contributed by atoms with van der Waals surface area (Å²) in [5.74, 6) is 2.11. The number of halogens is 1. The first-order valence-electron chi connectivity index (χ1n) is 7.30. The largest absolute Gasteiger partial charge is 0.469 e. The molecule has 0 N–H and O–H groups in total. The Labute approximate surface area is 120 Å². The number of esters is 1. The molecule has 0 aromatic heterocycles. The molecule has 2 saturated carbocycles. The molecule has 4 heteroatoms. The third kappa shape index (κ3) is 3.71. The van der Waals surface area contributed by atoms with E-state index in [0.717, 1.165) is 38.5 Å². The predicted octanol–water partition coefficient (Wildman–Crippen LogP) is 3.19. The van der Waals surface area contributed by atoms with Crippen molar-refractivity contribution in [2.75, 3.05) is 13.0 Å². The predicted molar refractivity (Wildman–Crippen MR) is 74.0 cm³/mol. The van der Waals surface area contributed by atoms with E-state index < -0.39 is 0 Å². The fourth-order valence-electron chi connectivity index (χ4n) is 3.60. The Morgan fingerprint density at radius 3 is 2.32 bits per heavy atom. The maximum absolute atomic E-state index is 12.2. The van der Waals surface area contributed by atoms with E-state index in [9.17, 15) is 9.59 Å². The molecule has 0 amide bonds. The van der Waals surface area contributed by atoms with Crippen LogP contribution in [-0.2, 0) is 14.3 Å². The molecule has 19 heavy (non-hydrogen) atoms. The minimum Gasteiger partial charge on any atom is -0.469 e. The van der Waals surface area contributed by atoms with Gasteiger partial charge in [0.1, 0.15) is 5.78 Å². The van der Waals surface area contributed by atoms with Crippen LogP contribution in [0.2, 0.25) is 0 Å². The van der Waals surface area contributed by atoms with Crippen LogP contribution in [0.25, 0.3) is 0 Å². The number of hydrogen-bond acceptors (Lipinski definition) is 3. The molecule has 2 aliphatic rings. The van der Waals surface area contributed by atoms with Crippen molar-refractivity contribution in [2.24, 2.45) is 23.7 Å². The van der Waals surface area contributed by atoms with Gasteiger partial charge in [-0.25, -0.2) is 0 Å². The van der Waals surface area contributed by atoms with E-state index in [-0.39, 0.29) is 17.8 Å². The van der Waals surface area contributed by atoms with Gasteiger partial charge in [0.05, 0.1) is 13.0 Å². The van der Waals surface area contributed by atoms with E-state index >= 15 is 0 Å². The van der Waals surface area contributed by atoms with Gasteiger partial charge in [-0.1, -0.05) is 0 Å². The number of carbonyl (C=O) groups excluding carboxylic acids is 2. The number of Topliss-reactive ketones (excluding diaryl/α,β-unsaturated/α-hetero) is 1. The molecule has 4 atom stereocenters. The van der Waals surface area contributed by atoms with Gasteiger partial charge in [0, 0.05) is 18.2 Å². The van der Waals surface area contributed by atoms with E-state index in [1.807, 2.05) is 0 Å². The van der Waals surface area contributed by atoms with Crippen LogP contribution in [0.3, 0.4) is 0 Å². The lowest BCUT2D eigenvalue weighted by Crippen LogP contribution is -2.17. The molecule has 0 spiro atoms. The van der Waals surface area contributed by atoms with Gasteiger partial charge < -0.3 is 4.74 Å². The monoisotopic (exact) mass is 286 g/mol. The second-order valence-corrected chi connectivity index (χ2v) is 6.41. The van der Waals surface area contributed by atoms with Crippen molar-refractivity contribution < 1.29 is 14.3 Å². The lowest BCUT2D eigenvalue weighted by Gasteiger charge is -2.13. The normalized spacial score (nSPS) is 34.4. The second kappa shape index (κ2) is 6.74. The first kappa shape index (κ1) is 14.8.